The van der Waals surface area contributed by atoms with Gasteiger partial charge in [-0.2, -0.15) is 0 Å². The summed E-state index contributed by atoms with van der Waals surface area (Å²) in [6, 6.07) is 17.2. The zero-order valence-electron chi connectivity index (χ0n) is 26.6. The molecular weight excluding hydrogens is 695 g/mol. The molecule has 0 unspecified atom stereocenters. The molecular formula is C38H50IrNO2-. The van der Waals surface area contributed by atoms with Crippen LogP contribution in [-0.2, 0) is 30.3 Å². The fraction of sp³-hybridized carbons (Fsp3) is 0.526. The van der Waals surface area contributed by atoms with E-state index in [0.717, 1.165) is 42.9 Å². The van der Waals surface area contributed by atoms with Crippen LogP contribution in [0.2, 0.25) is 0 Å². The van der Waals surface area contributed by atoms with Gasteiger partial charge in [0.15, 0.2) is 5.78 Å². The largest absolute Gasteiger partial charge is 0.512 e. The van der Waals surface area contributed by atoms with Gasteiger partial charge in [0.2, 0.25) is 0 Å². The Bertz CT molecular complexity index is 1330. The normalized spacial score (nSPS) is 19.9. The summed E-state index contributed by atoms with van der Waals surface area (Å²) in [5, 5.41) is 12.3. The van der Waals surface area contributed by atoms with Crippen LogP contribution in [0, 0.1) is 37.7 Å². The van der Waals surface area contributed by atoms with E-state index in [1.807, 2.05) is 33.9 Å². The molecule has 0 amide bonds. The molecule has 3 fully saturated rings. The van der Waals surface area contributed by atoms with E-state index in [9.17, 15) is 9.90 Å². The third-order valence-electron chi connectivity index (χ3n) is 9.96. The Balaban J connectivity index is 0.000000263. The predicted octanol–water partition coefficient (Wildman–Crippen LogP) is 10.4. The Labute approximate surface area is 268 Å². The second-order valence-electron chi connectivity index (χ2n) is 12.6. The minimum atomic E-state index is 0. The predicted molar refractivity (Wildman–Crippen MR) is 172 cm³/mol. The molecule has 229 valence electrons. The number of ketones is 1. The quantitative estimate of drug-likeness (QED) is 0.135. The van der Waals surface area contributed by atoms with Crippen LogP contribution in [0.4, 0.5) is 0 Å². The number of allylic oxidation sites excluding steroid dienone is 2. The molecule has 3 aliphatic rings. The number of hydrogen-bond acceptors (Lipinski definition) is 3. The maximum absolute atomic E-state index is 11.7. The first-order valence-electron chi connectivity index (χ1n) is 16.1. The van der Waals surface area contributed by atoms with E-state index in [2.05, 4.69) is 56.3 Å². The van der Waals surface area contributed by atoms with Gasteiger partial charge in [-0.15, -0.1) is 34.9 Å². The fourth-order valence-electron chi connectivity index (χ4n) is 7.21. The van der Waals surface area contributed by atoms with Crippen molar-refractivity contribution < 1.29 is 30.0 Å². The number of benzene rings is 2. The molecule has 0 saturated heterocycles. The number of aromatic nitrogens is 1. The Hall–Kier alpha value is -2.29. The first-order chi connectivity index (χ1) is 19.7. The monoisotopic (exact) mass is 745 g/mol. The van der Waals surface area contributed by atoms with Crippen LogP contribution in [0.3, 0.4) is 0 Å². The van der Waals surface area contributed by atoms with E-state index in [0.29, 0.717) is 5.41 Å². The van der Waals surface area contributed by atoms with Crippen LogP contribution >= 0.6 is 0 Å². The van der Waals surface area contributed by atoms with Gasteiger partial charge < -0.3 is 10.1 Å². The Kier molecular flexibility index (Phi) is 12.6. The number of aliphatic hydroxyl groups excluding tert-OH is 1. The summed E-state index contributed by atoms with van der Waals surface area (Å²) >= 11 is 0. The number of carbonyl (C=O) groups is 1. The Morgan fingerprint density at radius 3 is 2.14 bits per heavy atom. The second-order valence-corrected chi connectivity index (χ2v) is 12.6. The molecule has 4 heteroatoms. The van der Waals surface area contributed by atoms with Gasteiger partial charge in [-0.3, -0.25) is 4.79 Å². The maximum atomic E-state index is 11.7. The molecule has 0 aliphatic heterocycles. The molecule has 1 aromatic heterocycles. The summed E-state index contributed by atoms with van der Waals surface area (Å²) < 4.78 is 0. The molecule has 1 N–H and O–H groups in total. The first kappa shape index (κ1) is 34.2. The minimum Gasteiger partial charge on any atom is -0.512 e. The van der Waals surface area contributed by atoms with Gasteiger partial charge >= 0.3 is 0 Å². The van der Waals surface area contributed by atoms with Crippen LogP contribution in [0.25, 0.3) is 22.0 Å². The fourth-order valence-corrected chi connectivity index (χ4v) is 7.21. The van der Waals surface area contributed by atoms with Crippen LogP contribution < -0.4 is 0 Å². The van der Waals surface area contributed by atoms with Crippen molar-refractivity contribution in [2.45, 2.75) is 111 Å². The van der Waals surface area contributed by atoms with E-state index >= 15 is 0 Å². The smallest absolute Gasteiger partial charge is 0.162 e. The van der Waals surface area contributed by atoms with Crippen LogP contribution in [0.15, 0.2) is 54.4 Å². The van der Waals surface area contributed by atoms with Crippen LogP contribution in [0.5, 0.6) is 0 Å². The molecule has 2 bridgehead atoms. The van der Waals surface area contributed by atoms with E-state index in [1.165, 1.54) is 66.5 Å². The molecule has 3 saturated carbocycles. The molecule has 6 rings (SSSR count). The number of pyridine rings is 1. The average molecular weight is 745 g/mol. The van der Waals surface area contributed by atoms with Gasteiger partial charge in [-0.05, 0) is 104 Å². The van der Waals surface area contributed by atoms with Crippen molar-refractivity contribution in [1.29, 1.82) is 0 Å². The Morgan fingerprint density at radius 1 is 0.952 bits per heavy atom. The van der Waals surface area contributed by atoms with Crippen molar-refractivity contribution in [3.8, 4) is 11.3 Å². The van der Waals surface area contributed by atoms with Crippen molar-refractivity contribution >= 4 is 16.6 Å². The van der Waals surface area contributed by atoms with E-state index in [1.54, 1.807) is 5.56 Å². The molecule has 2 aromatic carbocycles. The molecule has 1 radical (unpaired) electrons. The van der Waals surface area contributed by atoms with Gasteiger partial charge in [0, 0.05) is 44.2 Å². The second kappa shape index (κ2) is 15.4. The number of aliphatic hydroxyl groups is 1. The zero-order chi connectivity index (χ0) is 29.6. The average Bonchev–Trinajstić information content (AvgIpc) is 2.98. The Morgan fingerprint density at radius 2 is 1.57 bits per heavy atom. The molecule has 3 aliphatic carbocycles. The van der Waals surface area contributed by atoms with E-state index in [-0.39, 0.29) is 43.5 Å². The first-order valence-corrected chi connectivity index (χ1v) is 16.1. The van der Waals surface area contributed by atoms with E-state index in [4.69, 9.17) is 4.98 Å². The van der Waals surface area contributed by atoms with Crippen molar-refractivity contribution in [1.82, 2.24) is 4.98 Å². The summed E-state index contributed by atoms with van der Waals surface area (Å²) in [4.78, 5) is 16.4. The number of fused-ring (bicyclic) bond motifs is 4. The van der Waals surface area contributed by atoms with Crippen molar-refractivity contribution in [2.24, 2.45) is 17.8 Å². The SMILES string of the molecule is CCC(CC)C(=O)/C=C(\O)C(CC)CC.Cc1[c-]c(-c2nccc3cc(C45CCC(CC4)CC5)ccc23)cc(C)c1.[Ir]. The number of rotatable bonds is 9. The van der Waals surface area contributed by atoms with Crippen molar-refractivity contribution in [2.75, 3.05) is 0 Å². The third-order valence-corrected chi connectivity index (χ3v) is 9.96. The standard InChI is InChI=1S/C25H26N.C13H24O2.Ir/c1-17-13-18(2)15-21(14-17)24-23-4-3-22(16-20(23)8-12-26-24)25-9-5-19(6-10-25)7-11-25;1-5-10(6-2)12(14)9-13(15)11(7-3)8-4;/h3-4,8,12-14,16,19H,5-7,9-11H2,1-2H3;9-11,14H,5-8H2,1-4H3;/q-1;;/b;12-9-;. The van der Waals surface area contributed by atoms with Gasteiger partial charge in [0.05, 0.1) is 5.76 Å². The summed E-state index contributed by atoms with van der Waals surface area (Å²) in [7, 11) is 0. The summed E-state index contributed by atoms with van der Waals surface area (Å²) in [6.07, 6.45) is 15.3. The molecule has 3 nitrogen and oxygen atoms in total. The number of carbonyl (C=O) groups excluding carboxylic acids is 1. The molecule has 0 atom stereocenters. The summed E-state index contributed by atoms with van der Waals surface area (Å²) in [5.74, 6) is 1.55. The van der Waals surface area contributed by atoms with Gasteiger partial charge in [-0.25, -0.2) is 0 Å². The molecule has 42 heavy (non-hydrogen) atoms. The molecule has 1 heterocycles. The van der Waals surface area contributed by atoms with Crippen molar-refractivity contribution in [3.05, 3.63) is 77.2 Å². The minimum absolute atomic E-state index is 0. The van der Waals surface area contributed by atoms with Gasteiger partial charge in [0.1, 0.15) is 0 Å². The summed E-state index contributed by atoms with van der Waals surface area (Å²) in [6.45, 7) is 12.3. The van der Waals surface area contributed by atoms with Gasteiger partial charge in [0.25, 0.3) is 0 Å². The summed E-state index contributed by atoms with van der Waals surface area (Å²) in [5.41, 5.74) is 6.61. The number of aryl methyl sites for hydroxylation is 2. The van der Waals surface area contributed by atoms with Gasteiger partial charge in [-0.1, -0.05) is 59.7 Å². The van der Waals surface area contributed by atoms with E-state index < -0.39 is 0 Å². The zero-order valence-corrected chi connectivity index (χ0v) is 29.0. The third kappa shape index (κ3) is 7.80. The maximum Gasteiger partial charge on any atom is 0.162 e. The van der Waals surface area contributed by atoms with Crippen molar-refractivity contribution in [3.63, 3.8) is 0 Å². The van der Waals surface area contributed by atoms with Crippen LogP contribution in [-0.4, -0.2) is 15.9 Å². The molecule has 0 spiro atoms. The number of hydrogen-bond donors (Lipinski definition) is 1. The topological polar surface area (TPSA) is 50.2 Å². The number of nitrogens with zero attached hydrogens (tertiary/aromatic N) is 1. The van der Waals surface area contributed by atoms with Crippen LogP contribution in [0.1, 0.15) is 109 Å². The molecule has 3 aromatic rings.